The van der Waals surface area contributed by atoms with Crippen LogP contribution in [0.25, 0.3) is 0 Å². The lowest BCUT2D eigenvalue weighted by molar-refractivity contribution is -0.146. The van der Waals surface area contributed by atoms with E-state index in [1.165, 1.54) is 7.11 Å². The largest absolute Gasteiger partial charge is 0.467 e. The second-order valence-electron chi connectivity index (χ2n) is 6.34. The molecule has 2 atom stereocenters. The van der Waals surface area contributed by atoms with Gasteiger partial charge in [0.15, 0.2) is 0 Å². The Morgan fingerprint density at radius 2 is 1.80 bits per heavy atom. The SMILES string of the molecule is COC(=O)C(Cc1ccccc1)NC(=O)C(CC(=O)NO)CC(C)C. The molecule has 0 radical (unpaired) electrons. The third kappa shape index (κ3) is 7.34. The average molecular weight is 350 g/mol. The highest BCUT2D eigenvalue weighted by Gasteiger charge is 2.28. The molecule has 2 unspecified atom stereocenters. The summed E-state index contributed by atoms with van der Waals surface area (Å²) in [5, 5.41) is 11.4. The lowest BCUT2D eigenvalue weighted by atomic mass is 9.92. The van der Waals surface area contributed by atoms with E-state index >= 15 is 0 Å². The number of benzene rings is 1. The number of hydrogen-bond acceptors (Lipinski definition) is 5. The van der Waals surface area contributed by atoms with Crippen molar-refractivity contribution in [3.63, 3.8) is 0 Å². The maximum Gasteiger partial charge on any atom is 0.328 e. The number of methoxy groups -OCH3 is 1. The summed E-state index contributed by atoms with van der Waals surface area (Å²) in [6.45, 7) is 3.86. The average Bonchev–Trinajstić information content (AvgIpc) is 2.60. The van der Waals surface area contributed by atoms with Gasteiger partial charge < -0.3 is 10.1 Å². The van der Waals surface area contributed by atoms with Crippen LogP contribution in [0, 0.1) is 11.8 Å². The minimum atomic E-state index is -0.841. The molecule has 7 nitrogen and oxygen atoms in total. The molecular weight excluding hydrogens is 324 g/mol. The molecule has 138 valence electrons. The molecular formula is C18H26N2O5. The number of rotatable bonds is 9. The lowest BCUT2D eigenvalue weighted by Gasteiger charge is -2.22. The number of amides is 2. The molecule has 1 rings (SSSR count). The van der Waals surface area contributed by atoms with Gasteiger partial charge in [-0.25, -0.2) is 10.3 Å². The van der Waals surface area contributed by atoms with Gasteiger partial charge >= 0.3 is 5.97 Å². The standard InChI is InChI=1S/C18H26N2O5/c1-12(2)9-14(11-16(21)20-24)17(22)19-15(18(23)25-3)10-13-7-5-4-6-8-13/h4-8,12,14-15,24H,9-11H2,1-3H3,(H,19,22)(H,20,21). The van der Waals surface area contributed by atoms with Crippen molar-refractivity contribution in [3.05, 3.63) is 35.9 Å². The Bertz CT molecular complexity index is 574. The topological polar surface area (TPSA) is 105 Å². The monoisotopic (exact) mass is 350 g/mol. The van der Waals surface area contributed by atoms with Gasteiger partial charge in [-0.1, -0.05) is 44.2 Å². The third-order valence-electron chi connectivity index (χ3n) is 3.77. The Morgan fingerprint density at radius 3 is 2.32 bits per heavy atom. The highest BCUT2D eigenvalue weighted by atomic mass is 16.5. The van der Waals surface area contributed by atoms with E-state index in [4.69, 9.17) is 9.94 Å². The van der Waals surface area contributed by atoms with Crippen molar-refractivity contribution < 1.29 is 24.3 Å². The fraction of sp³-hybridized carbons (Fsp3) is 0.500. The summed E-state index contributed by atoms with van der Waals surface area (Å²) in [6.07, 6.45) is 0.595. The fourth-order valence-corrected chi connectivity index (χ4v) is 2.60. The molecule has 0 saturated carbocycles. The Balaban J connectivity index is 2.85. The first-order valence-corrected chi connectivity index (χ1v) is 8.22. The van der Waals surface area contributed by atoms with Crippen LogP contribution < -0.4 is 10.8 Å². The van der Waals surface area contributed by atoms with Gasteiger partial charge in [0.1, 0.15) is 6.04 Å². The Hall–Kier alpha value is -2.41. The maximum atomic E-state index is 12.6. The molecule has 0 bridgehead atoms. The molecule has 2 amide bonds. The molecule has 25 heavy (non-hydrogen) atoms. The van der Waals surface area contributed by atoms with Crippen LogP contribution in [0.5, 0.6) is 0 Å². The van der Waals surface area contributed by atoms with Crippen LogP contribution in [0.2, 0.25) is 0 Å². The molecule has 0 aliphatic rings. The van der Waals surface area contributed by atoms with E-state index in [0.29, 0.717) is 12.8 Å². The van der Waals surface area contributed by atoms with Crippen molar-refractivity contribution in [1.82, 2.24) is 10.8 Å². The number of esters is 1. The molecule has 0 spiro atoms. The molecule has 0 heterocycles. The van der Waals surface area contributed by atoms with Crippen LogP contribution >= 0.6 is 0 Å². The summed E-state index contributed by atoms with van der Waals surface area (Å²) >= 11 is 0. The first-order valence-electron chi connectivity index (χ1n) is 8.22. The van der Waals surface area contributed by atoms with Crippen LogP contribution in [0.15, 0.2) is 30.3 Å². The van der Waals surface area contributed by atoms with Gasteiger partial charge in [-0.3, -0.25) is 14.8 Å². The van der Waals surface area contributed by atoms with Gasteiger partial charge in [-0.2, -0.15) is 0 Å². The van der Waals surface area contributed by atoms with Crippen molar-refractivity contribution in [2.24, 2.45) is 11.8 Å². The predicted octanol–water partition coefficient (Wildman–Crippen LogP) is 1.44. The normalized spacial score (nSPS) is 13.0. The minimum absolute atomic E-state index is 0.153. The van der Waals surface area contributed by atoms with Gasteiger partial charge in [-0.05, 0) is 17.9 Å². The van der Waals surface area contributed by atoms with Crippen molar-refractivity contribution in [2.75, 3.05) is 7.11 Å². The quantitative estimate of drug-likeness (QED) is 0.355. The molecule has 0 fully saturated rings. The van der Waals surface area contributed by atoms with Crippen LogP contribution in [0.1, 0.15) is 32.3 Å². The summed E-state index contributed by atoms with van der Waals surface area (Å²) in [7, 11) is 1.26. The van der Waals surface area contributed by atoms with Crippen molar-refractivity contribution in [2.45, 2.75) is 39.2 Å². The zero-order valence-corrected chi connectivity index (χ0v) is 14.8. The smallest absolute Gasteiger partial charge is 0.328 e. The van der Waals surface area contributed by atoms with Crippen molar-refractivity contribution in [1.29, 1.82) is 0 Å². The number of nitrogens with one attached hydrogen (secondary N) is 2. The van der Waals surface area contributed by atoms with Gasteiger partial charge in [0.2, 0.25) is 11.8 Å². The summed E-state index contributed by atoms with van der Waals surface area (Å²) in [5.74, 6) is -2.07. The van der Waals surface area contributed by atoms with Crippen LogP contribution in [-0.2, 0) is 25.5 Å². The number of hydrogen-bond donors (Lipinski definition) is 3. The van der Waals surface area contributed by atoms with Gasteiger partial charge in [0, 0.05) is 18.8 Å². The number of carbonyl (C=O) groups excluding carboxylic acids is 3. The second-order valence-corrected chi connectivity index (χ2v) is 6.34. The Labute approximate surface area is 147 Å². The molecule has 7 heteroatoms. The van der Waals surface area contributed by atoms with E-state index < -0.39 is 29.7 Å². The van der Waals surface area contributed by atoms with E-state index in [9.17, 15) is 14.4 Å². The minimum Gasteiger partial charge on any atom is -0.467 e. The Morgan fingerprint density at radius 1 is 1.16 bits per heavy atom. The molecule has 0 aliphatic heterocycles. The zero-order chi connectivity index (χ0) is 18.8. The number of hydroxylamine groups is 1. The Kier molecular flexibility index (Phi) is 8.63. The summed E-state index contributed by atoms with van der Waals surface area (Å²) in [5.41, 5.74) is 2.42. The molecule has 0 aliphatic carbocycles. The molecule has 0 saturated heterocycles. The predicted molar refractivity (Wildman–Crippen MR) is 91.6 cm³/mol. The van der Waals surface area contributed by atoms with Gasteiger partial charge in [-0.15, -0.1) is 0 Å². The van der Waals surface area contributed by atoms with Crippen molar-refractivity contribution >= 4 is 17.8 Å². The third-order valence-corrected chi connectivity index (χ3v) is 3.77. The first-order chi connectivity index (χ1) is 11.9. The van der Waals surface area contributed by atoms with Crippen molar-refractivity contribution in [3.8, 4) is 0 Å². The van der Waals surface area contributed by atoms with E-state index in [1.807, 2.05) is 44.2 Å². The summed E-state index contributed by atoms with van der Waals surface area (Å²) in [4.78, 5) is 36.0. The van der Waals surface area contributed by atoms with Gasteiger partial charge in [0.05, 0.1) is 7.11 Å². The highest BCUT2D eigenvalue weighted by molar-refractivity contribution is 5.89. The van der Waals surface area contributed by atoms with E-state index in [2.05, 4.69) is 5.32 Å². The van der Waals surface area contributed by atoms with E-state index in [-0.39, 0.29) is 12.3 Å². The number of ether oxygens (including phenoxy) is 1. The van der Waals surface area contributed by atoms with Crippen LogP contribution in [0.4, 0.5) is 0 Å². The summed E-state index contributed by atoms with van der Waals surface area (Å²) < 4.78 is 4.78. The number of carbonyl (C=O) groups is 3. The van der Waals surface area contributed by atoms with Gasteiger partial charge in [0.25, 0.3) is 0 Å². The van der Waals surface area contributed by atoms with E-state index in [0.717, 1.165) is 5.56 Å². The van der Waals surface area contributed by atoms with Crippen LogP contribution in [-0.4, -0.2) is 36.1 Å². The molecule has 1 aromatic carbocycles. The lowest BCUT2D eigenvalue weighted by Crippen LogP contribution is -2.46. The highest BCUT2D eigenvalue weighted by Crippen LogP contribution is 2.17. The second kappa shape index (κ2) is 10.5. The van der Waals surface area contributed by atoms with Crippen LogP contribution in [0.3, 0.4) is 0 Å². The first kappa shape index (κ1) is 20.6. The maximum absolute atomic E-state index is 12.6. The molecule has 3 N–H and O–H groups in total. The zero-order valence-electron chi connectivity index (χ0n) is 14.8. The van der Waals surface area contributed by atoms with E-state index in [1.54, 1.807) is 5.48 Å². The summed E-state index contributed by atoms with van der Waals surface area (Å²) in [6, 6.07) is 8.42. The molecule has 0 aromatic heterocycles. The fourth-order valence-electron chi connectivity index (χ4n) is 2.60. The molecule has 1 aromatic rings.